The number of fused-ring (bicyclic) bond motifs is 12. The molecule has 2 heteroatoms. The Hall–Kier alpha value is -7.16. The van der Waals surface area contributed by atoms with Crippen LogP contribution in [0.4, 0.5) is 0 Å². The molecule has 0 aliphatic heterocycles. The molecule has 0 aliphatic rings. The Morgan fingerprint density at radius 3 is 1.02 bits per heavy atom. The van der Waals surface area contributed by atoms with Crippen molar-refractivity contribution in [1.82, 2.24) is 9.13 Å². The van der Waals surface area contributed by atoms with Crippen LogP contribution >= 0.6 is 0 Å². The van der Waals surface area contributed by atoms with E-state index in [0.717, 1.165) is 0 Å². The number of benzene rings is 10. The number of aromatic nitrogens is 2. The van der Waals surface area contributed by atoms with Crippen LogP contribution < -0.4 is 0 Å². The standard InChI is InChI=1S/C52H32N2/c1-3-17-35-33(15-1)31-49(39-21-7-5-19-37(35)39)53-45-27-11-9-23-43(45)51-41(25-13-29-47(51)53)42-26-14-30-48-52(42)44-24-10-12-28-46(44)54(48)50-32-34-16-2-4-18-36(34)38-20-6-8-22-40(38)50/h1-32H. The lowest BCUT2D eigenvalue weighted by Gasteiger charge is -2.15. The Labute approximate surface area is 311 Å². The van der Waals surface area contributed by atoms with E-state index in [-0.39, 0.29) is 0 Å². The number of nitrogens with zero attached hydrogens (tertiary/aromatic N) is 2. The fourth-order valence-corrected chi connectivity index (χ4v) is 9.45. The summed E-state index contributed by atoms with van der Waals surface area (Å²) in [7, 11) is 0. The maximum Gasteiger partial charge on any atom is 0.0547 e. The van der Waals surface area contributed by atoms with Crippen molar-refractivity contribution >= 4 is 86.7 Å². The largest absolute Gasteiger partial charge is 0.309 e. The SMILES string of the molecule is c1ccc2c(c1)cc(-n1c3ccccc3c3c(-c4cccc5c4c4ccccc4n5-c4cc5ccccc5c5ccccc45)cccc31)c1ccccc12. The van der Waals surface area contributed by atoms with Crippen molar-refractivity contribution in [3.8, 4) is 22.5 Å². The minimum absolute atomic E-state index is 1.20. The van der Waals surface area contributed by atoms with Crippen molar-refractivity contribution in [1.29, 1.82) is 0 Å². The number of hydrogen-bond acceptors (Lipinski definition) is 0. The molecule has 0 unspecified atom stereocenters. The van der Waals surface area contributed by atoms with E-state index in [1.54, 1.807) is 0 Å². The van der Waals surface area contributed by atoms with Gasteiger partial charge in [-0.3, -0.25) is 0 Å². The Balaban J connectivity index is 1.20. The monoisotopic (exact) mass is 684 g/mol. The van der Waals surface area contributed by atoms with Crippen molar-refractivity contribution in [2.45, 2.75) is 0 Å². The summed E-state index contributed by atoms with van der Waals surface area (Å²) >= 11 is 0. The van der Waals surface area contributed by atoms with Crippen molar-refractivity contribution in [3.05, 3.63) is 194 Å². The Kier molecular flexibility index (Phi) is 6.09. The molecule has 250 valence electrons. The normalized spacial score (nSPS) is 12.1. The summed E-state index contributed by atoms with van der Waals surface area (Å²) < 4.78 is 4.99. The van der Waals surface area contributed by atoms with Crippen LogP contribution in [-0.4, -0.2) is 9.13 Å². The van der Waals surface area contributed by atoms with E-state index >= 15 is 0 Å². The maximum absolute atomic E-state index is 2.49. The zero-order chi connectivity index (χ0) is 35.3. The molecule has 0 atom stereocenters. The summed E-state index contributed by atoms with van der Waals surface area (Å²) in [6, 6.07) is 71.5. The van der Waals surface area contributed by atoms with Crippen LogP contribution in [-0.2, 0) is 0 Å². The summed E-state index contributed by atoms with van der Waals surface area (Å²) in [6.07, 6.45) is 0. The van der Waals surface area contributed by atoms with Gasteiger partial charge in [0.15, 0.2) is 0 Å². The molecular formula is C52H32N2. The second-order valence-electron chi connectivity index (χ2n) is 14.4. The highest BCUT2D eigenvalue weighted by molar-refractivity contribution is 6.24. The zero-order valence-electron chi connectivity index (χ0n) is 29.4. The van der Waals surface area contributed by atoms with E-state index in [9.17, 15) is 0 Å². The lowest BCUT2D eigenvalue weighted by atomic mass is 9.95. The van der Waals surface area contributed by atoms with Crippen molar-refractivity contribution in [2.24, 2.45) is 0 Å². The topological polar surface area (TPSA) is 9.86 Å². The van der Waals surface area contributed by atoms with Gasteiger partial charge in [-0.05, 0) is 79.8 Å². The van der Waals surface area contributed by atoms with Gasteiger partial charge in [-0.1, -0.05) is 158 Å². The molecule has 0 N–H and O–H groups in total. The second kappa shape index (κ2) is 11.2. The molecule has 2 aromatic heterocycles. The number of rotatable bonds is 3. The Morgan fingerprint density at radius 1 is 0.241 bits per heavy atom. The summed E-state index contributed by atoms with van der Waals surface area (Å²) in [5.41, 5.74) is 9.70. The molecule has 0 aliphatic carbocycles. The number of hydrogen-bond donors (Lipinski definition) is 0. The fourth-order valence-electron chi connectivity index (χ4n) is 9.45. The summed E-state index contributed by atoms with van der Waals surface area (Å²) in [5.74, 6) is 0. The quantitative estimate of drug-likeness (QED) is 0.164. The first-order valence-corrected chi connectivity index (χ1v) is 18.7. The highest BCUT2D eigenvalue weighted by Crippen LogP contribution is 2.46. The molecule has 0 saturated carbocycles. The Bertz CT molecular complexity index is 3270. The average Bonchev–Trinajstić information content (AvgIpc) is 3.76. The van der Waals surface area contributed by atoms with E-state index < -0.39 is 0 Å². The van der Waals surface area contributed by atoms with Gasteiger partial charge in [-0.2, -0.15) is 0 Å². The van der Waals surface area contributed by atoms with Crippen LogP contribution in [0.2, 0.25) is 0 Å². The van der Waals surface area contributed by atoms with Crippen LogP contribution in [0.15, 0.2) is 194 Å². The molecule has 0 spiro atoms. The lowest BCUT2D eigenvalue weighted by molar-refractivity contribution is 1.20. The van der Waals surface area contributed by atoms with Crippen LogP contribution in [0.3, 0.4) is 0 Å². The van der Waals surface area contributed by atoms with Gasteiger partial charge in [0.1, 0.15) is 0 Å². The van der Waals surface area contributed by atoms with Crippen LogP contribution in [0.25, 0.3) is 109 Å². The molecule has 0 bridgehead atoms. The van der Waals surface area contributed by atoms with Crippen LogP contribution in [0.5, 0.6) is 0 Å². The minimum Gasteiger partial charge on any atom is -0.309 e. The lowest BCUT2D eigenvalue weighted by Crippen LogP contribution is -1.96. The van der Waals surface area contributed by atoms with E-state index in [4.69, 9.17) is 0 Å². The third-order valence-corrected chi connectivity index (χ3v) is 11.7. The maximum atomic E-state index is 2.49. The van der Waals surface area contributed by atoms with E-state index in [1.807, 2.05) is 0 Å². The predicted molar refractivity (Wildman–Crippen MR) is 231 cm³/mol. The molecule has 2 nitrogen and oxygen atoms in total. The van der Waals surface area contributed by atoms with Gasteiger partial charge >= 0.3 is 0 Å². The third kappa shape index (κ3) is 4.00. The molecule has 10 aromatic carbocycles. The molecular weight excluding hydrogens is 653 g/mol. The van der Waals surface area contributed by atoms with Crippen molar-refractivity contribution < 1.29 is 0 Å². The highest BCUT2D eigenvalue weighted by Gasteiger charge is 2.22. The van der Waals surface area contributed by atoms with Crippen LogP contribution in [0, 0.1) is 0 Å². The van der Waals surface area contributed by atoms with Gasteiger partial charge in [-0.15, -0.1) is 0 Å². The van der Waals surface area contributed by atoms with E-state index in [0.29, 0.717) is 0 Å². The molecule has 0 saturated heterocycles. The first kappa shape index (κ1) is 29.4. The molecule has 0 amide bonds. The summed E-state index contributed by atoms with van der Waals surface area (Å²) in [4.78, 5) is 0. The number of para-hydroxylation sites is 2. The van der Waals surface area contributed by atoms with Gasteiger partial charge in [0.2, 0.25) is 0 Å². The summed E-state index contributed by atoms with van der Waals surface area (Å²) in [5, 5.41) is 15.1. The first-order chi connectivity index (χ1) is 26.8. The Morgan fingerprint density at radius 2 is 0.574 bits per heavy atom. The predicted octanol–water partition coefficient (Wildman–Crippen LogP) is 14.2. The smallest absolute Gasteiger partial charge is 0.0547 e. The molecule has 0 radical (unpaired) electrons. The van der Waals surface area contributed by atoms with Gasteiger partial charge in [0.05, 0.1) is 33.4 Å². The van der Waals surface area contributed by atoms with Crippen molar-refractivity contribution in [3.63, 3.8) is 0 Å². The van der Waals surface area contributed by atoms with Gasteiger partial charge in [0, 0.05) is 32.3 Å². The minimum atomic E-state index is 1.20. The van der Waals surface area contributed by atoms with Crippen molar-refractivity contribution in [2.75, 3.05) is 0 Å². The second-order valence-corrected chi connectivity index (χ2v) is 14.4. The van der Waals surface area contributed by atoms with Gasteiger partial charge in [0.25, 0.3) is 0 Å². The fraction of sp³-hybridized carbons (Fsp3) is 0. The van der Waals surface area contributed by atoms with E-state index in [1.165, 1.54) is 109 Å². The molecule has 12 aromatic rings. The molecule has 12 rings (SSSR count). The highest BCUT2D eigenvalue weighted by atomic mass is 15.0. The molecule has 54 heavy (non-hydrogen) atoms. The molecule has 2 heterocycles. The third-order valence-electron chi connectivity index (χ3n) is 11.7. The van der Waals surface area contributed by atoms with E-state index in [2.05, 4.69) is 203 Å². The van der Waals surface area contributed by atoms with Gasteiger partial charge in [-0.25, -0.2) is 0 Å². The average molecular weight is 685 g/mol. The zero-order valence-corrected chi connectivity index (χ0v) is 29.4. The first-order valence-electron chi connectivity index (χ1n) is 18.7. The van der Waals surface area contributed by atoms with Gasteiger partial charge < -0.3 is 9.13 Å². The van der Waals surface area contributed by atoms with Crippen LogP contribution in [0.1, 0.15) is 0 Å². The molecule has 0 fully saturated rings. The summed E-state index contributed by atoms with van der Waals surface area (Å²) in [6.45, 7) is 0.